The molecule has 2 nitrogen and oxygen atoms in total. The van der Waals surface area contributed by atoms with E-state index in [-0.39, 0.29) is 0 Å². The van der Waals surface area contributed by atoms with Crippen molar-refractivity contribution in [1.29, 1.82) is 0 Å². The summed E-state index contributed by atoms with van der Waals surface area (Å²) in [7, 11) is 0. The number of anilines is 1. The molecular formula is C19H11F2NOS. The Kier molecular flexibility index (Phi) is 4.69. The molecule has 0 saturated carbocycles. The van der Waals surface area contributed by atoms with E-state index in [1.165, 1.54) is 17.4 Å². The topological polar surface area (TPSA) is 29.1 Å². The molecule has 24 heavy (non-hydrogen) atoms. The van der Waals surface area contributed by atoms with Crippen LogP contribution in [-0.4, -0.2) is 5.91 Å². The van der Waals surface area contributed by atoms with Crippen LogP contribution in [0.5, 0.6) is 0 Å². The largest absolute Gasteiger partial charge is 0.322 e. The number of halogens is 2. The Hall–Kier alpha value is -2.97. The Labute approximate surface area is 141 Å². The number of benzene rings is 2. The number of nitrogens with one attached hydrogen (secondary N) is 1. The number of thiophene rings is 1. The van der Waals surface area contributed by atoms with Gasteiger partial charge in [-0.05, 0) is 41.8 Å². The SMILES string of the molecule is O=C(Nc1cccc(C#Cc2cccs2)c1)c1c(F)cccc1F. The van der Waals surface area contributed by atoms with Crippen LogP contribution in [0.2, 0.25) is 0 Å². The third-order valence-electron chi connectivity index (χ3n) is 3.16. The average molecular weight is 339 g/mol. The van der Waals surface area contributed by atoms with E-state index in [0.29, 0.717) is 11.3 Å². The Morgan fingerprint density at radius 3 is 2.42 bits per heavy atom. The zero-order valence-corrected chi connectivity index (χ0v) is 13.2. The molecule has 1 aromatic heterocycles. The molecule has 0 atom stereocenters. The maximum absolute atomic E-state index is 13.6. The van der Waals surface area contributed by atoms with Gasteiger partial charge in [0.1, 0.15) is 17.2 Å². The summed E-state index contributed by atoms with van der Waals surface area (Å²) >= 11 is 1.53. The van der Waals surface area contributed by atoms with Crippen molar-refractivity contribution >= 4 is 22.9 Å². The van der Waals surface area contributed by atoms with Crippen molar-refractivity contribution in [1.82, 2.24) is 0 Å². The van der Waals surface area contributed by atoms with E-state index in [1.54, 1.807) is 24.3 Å². The van der Waals surface area contributed by atoms with Crippen LogP contribution in [0.3, 0.4) is 0 Å². The summed E-state index contributed by atoms with van der Waals surface area (Å²) in [5.41, 5.74) is 0.503. The first-order valence-electron chi connectivity index (χ1n) is 7.04. The summed E-state index contributed by atoms with van der Waals surface area (Å²) in [5.74, 6) is 3.35. The lowest BCUT2D eigenvalue weighted by atomic mass is 10.1. The zero-order chi connectivity index (χ0) is 16.9. The molecule has 0 saturated heterocycles. The molecule has 0 aliphatic carbocycles. The summed E-state index contributed by atoms with van der Waals surface area (Å²) in [6.45, 7) is 0. The highest BCUT2D eigenvalue weighted by atomic mass is 32.1. The summed E-state index contributed by atoms with van der Waals surface area (Å²) in [6, 6.07) is 13.9. The zero-order valence-electron chi connectivity index (χ0n) is 12.3. The van der Waals surface area contributed by atoms with E-state index in [4.69, 9.17) is 0 Å². The van der Waals surface area contributed by atoms with Gasteiger partial charge in [0.2, 0.25) is 0 Å². The number of hydrogen-bond acceptors (Lipinski definition) is 2. The first-order chi connectivity index (χ1) is 11.6. The monoisotopic (exact) mass is 339 g/mol. The first-order valence-corrected chi connectivity index (χ1v) is 7.92. The van der Waals surface area contributed by atoms with E-state index in [2.05, 4.69) is 17.2 Å². The van der Waals surface area contributed by atoms with Gasteiger partial charge in [-0.2, -0.15) is 0 Å². The minimum atomic E-state index is -0.902. The molecule has 1 amide bonds. The Morgan fingerprint density at radius 1 is 0.958 bits per heavy atom. The number of amides is 1. The van der Waals surface area contributed by atoms with Gasteiger partial charge in [-0.25, -0.2) is 8.78 Å². The predicted octanol–water partition coefficient (Wildman–Crippen LogP) is 4.68. The van der Waals surface area contributed by atoms with Gasteiger partial charge >= 0.3 is 0 Å². The van der Waals surface area contributed by atoms with Gasteiger partial charge in [0.05, 0.1) is 4.88 Å². The molecule has 3 rings (SSSR count). The standard InChI is InChI=1S/C19H11F2NOS/c20-16-7-2-8-17(21)18(16)19(23)22-14-5-1-4-13(12-14)9-10-15-6-3-11-24-15/h1-8,11-12H,(H,22,23). The molecule has 118 valence electrons. The van der Waals surface area contributed by atoms with Gasteiger partial charge in [-0.3, -0.25) is 4.79 Å². The maximum atomic E-state index is 13.6. The van der Waals surface area contributed by atoms with Crippen molar-refractivity contribution in [3.63, 3.8) is 0 Å². The lowest BCUT2D eigenvalue weighted by molar-refractivity contribution is 0.101. The summed E-state index contributed by atoms with van der Waals surface area (Å²) in [5, 5.41) is 4.42. The van der Waals surface area contributed by atoms with Crippen LogP contribution in [-0.2, 0) is 0 Å². The van der Waals surface area contributed by atoms with Crippen molar-refractivity contribution in [3.8, 4) is 11.8 Å². The molecule has 2 aromatic carbocycles. The van der Waals surface area contributed by atoms with Crippen LogP contribution in [0.1, 0.15) is 20.8 Å². The molecule has 5 heteroatoms. The number of carbonyl (C=O) groups is 1. The predicted molar refractivity (Wildman–Crippen MR) is 91.1 cm³/mol. The molecule has 0 fully saturated rings. The van der Waals surface area contributed by atoms with Gasteiger partial charge in [-0.15, -0.1) is 11.3 Å². The van der Waals surface area contributed by atoms with Gasteiger partial charge in [-0.1, -0.05) is 30.0 Å². The summed E-state index contributed by atoms with van der Waals surface area (Å²) < 4.78 is 27.3. The third-order valence-corrected chi connectivity index (χ3v) is 3.95. The Morgan fingerprint density at radius 2 is 1.71 bits per heavy atom. The summed E-state index contributed by atoms with van der Waals surface area (Å²) in [6.07, 6.45) is 0. The van der Waals surface area contributed by atoms with Crippen molar-refractivity contribution < 1.29 is 13.6 Å². The van der Waals surface area contributed by atoms with Gasteiger partial charge in [0, 0.05) is 11.3 Å². The van der Waals surface area contributed by atoms with E-state index < -0.39 is 23.1 Å². The van der Waals surface area contributed by atoms with Crippen molar-refractivity contribution in [2.24, 2.45) is 0 Å². The second-order valence-corrected chi connectivity index (χ2v) is 5.81. The van der Waals surface area contributed by atoms with E-state index >= 15 is 0 Å². The van der Waals surface area contributed by atoms with Crippen LogP contribution in [0, 0.1) is 23.5 Å². The van der Waals surface area contributed by atoms with Crippen molar-refractivity contribution in [3.05, 3.63) is 87.6 Å². The lowest BCUT2D eigenvalue weighted by Crippen LogP contribution is -2.15. The molecule has 1 heterocycles. The number of hydrogen-bond donors (Lipinski definition) is 1. The fourth-order valence-corrected chi connectivity index (χ4v) is 2.64. The molecule has 0 aliphatic heterocycles. The quantitative estimate of drug-likeness (QED) is 0.675. The van der Waals surface area contributed by atoms with Crippen LogP contribution in [0.15, 0.2) is 60.0 Å². The molecule has 0 unspecified atom stereocenters. The molecule has 0 spiro atoms. The highest BCUT2D eigenvalue weighted by Crippen LogP contribution is 2.16. The molecule has 0 bridgehead atoms. The minimum absolute atomic E-state index is 0.417. The van der Waals surface area contributed by atoms with Gasteiger partial charge in [0.15, 0.2) is 0 Å². The smallest absolute Gasteiger partial charge is 0.261 e. The van der Waals surface area contributed by atoms with Crippen LogP contribution < -0.4 is 5.32 Å². The number of rotatable bonds is 2. The second kappa shape index (κ2) is 7.07. The Balaban J connectivity index is 1.81. The molecular weight excluding hydrogens is 328 g/mol. The maximum Gasteiger partial charge on any atom is 0.261 e. The van der Waals surface area contributed by atoms with E-state index in [0.717, 1.165) is 17.0 Å². The molecule has 3 aromatic rings. The Bertz CT molecular complexity index is 919. The van der Waals surface area contributed by atoms with Crippen molar-refractivity contribution in [2.45, 2.75) is 0 Å². The van der Waals surface area contributed by atoms with Gasteiger partial charge in [0.25, 0.3) is 5.91 Å². The summed E-state index contributed by atoms with van der Waals surface area (Å²) in [4.78, 5) is 13.0. The molecule has 1 N–H and O–H groups in total. The lowest BCUT2D eigenvalue weighted by Gasteiger charge is -2.07. The van der Waals surface area contributed by atoms with E-state index in [9.17, 15) is 13.6 Å². The van der Waals surface area contributed by atoms with Crippen LogP contribution in [0.25, 0.3) is 0 Å². The third kappa shape index (κ3) is 3.67. The van der Waals surface area contributed by atoms with Crippen LogP contribution >= 0.6 is 11.3 Å². The average Bonchev–Trinajstić information content (AvgIpc) is 3.06. The van der Waals surface area contributed by atoms with Crippen molar-refractivity contribution in [2.75, 3.05) is 5.32 Å². The normalized spacial score (nSPS) is 9.92. The highest BCUT2D eigenvalue weighted by molar-refractivity contribution is 7.10. The fourth-order valence-electron chi connectivity index (χ4n) is 2.07. The molecule has 0 aliphatic rings. The van der Waals surface area contributed by atoms with E-state index in [1.807, 2.05) is 17.5 Å². The fraction of sp³-hybridized carbons (Fsp3) is 0. The number of carbonyl (C=O) groups excluding carboxylic acids is 1. The molecule has 0 radical (unpaired) electrons. The minimum Gasteiger partial charge on any atom is -0.322 e. The second-order valence-electron chi connectivity index (χ2n) is 4.86. The van der Waals surface area contributed by atoms with Gasteiger partial charge < -0.3 is 5.32 Å². The van der Waals surface area contributed by atoms with Crippen LogP contribution in [0.4, 0.5) is 14.5 Å². The first kappa shape index (κ1) is 15.9. The highest BCUT2D eigenvalue weighted by Gasteiger charge is 2.16.